The molecular weight excluding hydrogens is 234 g/mol. The molecule has 0 unspecified atom stereocenters. The van der Waals surface area contributed by atoms with Gasteiger partial charge in [-0.1, -0.05) is 39.2 Å². The van der Waals surface area contributed by atoms with Crippen LogP contribution in [-0.2, 0) is 5.54 Å². The van der Waals surface area contributed by atoms with Crippen LogP contribution in [0.3, 0.4) is 0 Å². The number of aromatic amines is 1. The summed E-state index contributed by atoms with van der Waals surface area (Å²) in [5.74, 6) is 1.49. The number of nitrogens with one attached hydrogen (secondary N) is 1. The molecule has 0 amide bonds. The first-order valence-corrected chi connectivity index (χ1v) is 7.37. The van der Waals surface area contributed by atoms with Gasteiger partial charge in [-0.25, -0.2) is 4.98 Å². The first kappa shape index (κ1) is 12.7. The number of fused-ring (bicyclic) bond motifs is 1. The zero-order valence-electron chi connectivity index (χ0n) is 11.9. The van der Waals surface area contributed by atoms with Crippen molar-refractivity contribution in [3.63, 3.8) is 0 Å². The molecule has 1 fully saturated rings. The topological polar surface area (TPSA) is 54.7 Å². The Balaban J connectivity index is 2.01. The van der Waals surface area contributed by atoms with E-state index in [1.54, 1.807) is 0 Å². The van der Waals surface area contributed by atoms with Crippen molar-refractivity contribution in [2.24, 2.45) is 5.73 Å². The standard InChI is InChI=1S/C16H23N3/c1-11(2)15-18-13-7-6-12(10-14(13)19-15)16(17)8-4-3-5-9-16/h6-7,10-11H,3-5,8-9,17H2,1-2H3,(H,18,19). The first-order chi connectivity index (χ1) is 9.08. The normalized spacial score (nSPS) is 19.2. The molecule has 102 valence electrons. The Labute approximate surface area is 114 Å². The van der Waals surface area contributed by atoms with Crippen molar-refractivity contribution in [3.05, 3.63) is 29.6 Å². The molecule has 0 spiro atoms. The molecule has 1 aromatic heterocycles. The van der Waals surface area contributed by atoms with Gasteiger partial charge in [-0.15, -0.1) is 0 Å². The van der Waals surface area contributed by atoms with Gasteiger partial charge in [0, 0.05) is 11.5 Å². The maximum atomic E-state index is 6.60. The zero-order chi connectivity index (χ0) is 13.5. The summed E-state index contributed by atoms with van der Waals surface area (Å²) < 4.78 is 0. The van der Waals surface area contributed by atoms with Gasteiger partial charge in [0.25, 0.3) is 0 Å². The highest BCUT2D eigenvalue weighted by molar-refractivity contribution is 5.76. The van der Waals surface area contributed by atoms with Crippen molar-refractivity contribution in [2.45, 2.75) is 57.4 Å². The summed E-state index contributed by atoms with van der Waals surface area (Å²) in [5.41, 5.74) is 9.91. The maximum Gasteiger partial charge on any atom is 0.109 e. The van der Waals surface area contributed by atoms with Crippen molar-refractivity contribution < 1.29 is 0 Å². The number of benzene rings is 1. The molecule has 3 heteroatoms. The van der Waals surface area contributed by atoms with E-state index in [2.05, 4.69) is 42.0 Å². The van der Waals surface area contributed by atoms with Crippen LogP contribution in [0.5, 0.6) is 0 Å². The van der Waals surface area contributed by atoms with Crippen LogP contribution in [0.1, 0.15) is 63.3 Å². The molecule has 0 aliphatic heterocycles. The Morgan fingerprint density at radius 3 is 2.63 bits per heavy atom. The lowest BCUT2D eigenvalue weighted by molar-refractivity contribution is 0.302. The lowest BCUT2D eigenvalue weighted by Gasteiger charge is -2.33. The van der Waals surface area contributed by atoms with E-state index in [0.29, 0.717) is 5.92 Å². The summed E-state index contributed by atoms with van der Waals surface area (Å²) in [6.45, 7) is 4.31. The number of H-pyrrole nitrogens is 1. The number of nitrogens with zero attached hydrogens (tertiary/aromatic N) is 1. The SMILES string of the molecule is CC(C)c1nc2ccc(C3(N)CCCCC3)cc2[nH]1. The number of rotatable bonds is 2. The Hall–Kier alpha value is -1.35. The van der Waals surface area contributed by atoms with E-state index in [1.165, 1.54) is 24.8 Å². The van der Waals surface area contributed by atoms with Gasteiger partial charge in [0.05, 0.1) is 11.0 Å². The molecule has 1 aliphatic carbocycles. The number of nitrogens with two attached hydrogens (primary N) is 1. The van der Waals surface area contributed by atoms with Crippen molar-refractivity contribution in [2.75, 3.05) is 0 Å². The minimum absolute atomic E-state index is 0.129. The second-order valence-electron chi connectivity index (χ2n) is 6.23. The average Bonchev–Trinajstić information content (AvgIpc) is 2.82. The summed E-state index contributed by atoms with van der Waals surface area (Å²) in [4.78, 5) is 8.05. The van der Waals surface area contributed by atoms with E-state index >= 15 is 0 Å². The third-order valence-corrected chi connectivity index (χ3v) is 4.37. The van der Waals surface area contributed by atoms with Gasteiger partial charge < -0.3 is 10.7 Å². The van der Waals surface area contributed by atoms with Crippen LogP contribution in [0.4, 0.5) is 0 Å². The van der Waals surface area contributed by atoms with Crippen molar-refractivity contribution in [1.82, 2.24) is 9.97 Å². The number of hydrogen-bond acceptors (Lipinski definition) is 2. The summed E-state index contributed by atoms with van der Waals surface area (Å²) >= 11 is 0. The highest BCUT2D eigenvalue weighted by Gasteiger charge is 2.29. The fourth-order valence-electron chi connectivity index (χ4n) is 3.08. The lowest BCUT2D eigenvalue weighted by Crippen LogP contribution is -2.38. The summed E-state index contributed by atoms with van der Waals surface area (Å²) in [5, 5.41) is 0. The molecular formula is C16H23N3. The van der Waals surface area contributed by atoms with E-state index in [-0.39, 0.29) is 5.54 Å². The van der Waals surface area contributed by atoms with Gasteiger partial charge in [-0.2, -0.15) is 0 Å². The number of aromatic nitrogens is 2. The molecule has 0 atom stereocenters. The van der Waals surface area contributed by atoms with Crippen molar-refractivity contribution in [1.29, 1.82) is 0 Å². The third-order valence-electron chi connectivity index (χ3n) is 4.37. The zero-order valence-corrected chi connectivity index (χ0v) is 11.9. The van der Waals surface area contributed by atoms with E-state index < -0.39 is 0 Å². The second kappa shape index (κ2) is 4.64. The highest BCUT2D eigenvalue weighted by Crippen LogP contribution is 2.35. The molecule has 3 rings (SSSR count). The maximum absolute atomic E-state index is 6.60. The fraction of sp³-hybridized carbons (Fsp3) is 0.562. The molecule has 1 aliphatic rings. The largest absolute Gasteiger partial charge is 0.342 e. The van der Waals surface area contributed by atoms with Crippen LogP contribution in [0.15, 0.2) is 18.2 Å². The Kier molecular flexibility index (Phi) is 3.09. The third kappa shape index (κ3) is 2.27. The van der Waals surface area contributed by atoms with Gasteiger partial charge in [0.2, 0.25) is 0 Å². The molecule has 3 nitrogen and oxygen atoms in total. The summed E-state index contributed by atoms with van der Waals surface area (Å²) in [7, 11) is 0. The van der Waals surface area contributed by atoms with E-state index in [0.717, 1.165) is 29.7 Å². The van der Waals surface area contributed by atoms with E-state index in [9.17, 15) is 0 Å². The van der Waals surface area contributed by atoms with Gasteiger partial charge in [0.15, 0.2) is 0 Å². The van der Waals surface area contributed by atoms with Crippen LogP contribution in [0.25, 0.3) is 11.0 Å². The van der Waals surface area contributed by atoms with Crippen LogP contribution < -0.4 is 5.73 Å². The smallest absolute Gasteiger partial charge is 0.109 e. The summed E-state index contributed by atoms with van der Waals surface area (Å²) in [6.07, 6.45) is 6.01. The predicted molar refractivity (Wildman–Crippen MR) is 79.1 cm³/mol. The molecule has 0 saturated heterocycles. The quantitative estimate of drug-likeness (QED) is 0.859. The van der Waals surface area contributed by atoms with Crippen LogP contribution in [0, 0.1) is 0 Å². The Bertz CT molecular complexity index is 577. The molecule has 0 radical (unpaired) electrons. The van der Waals surface area contributed by atoms with Crippen LogP contribution >= 0.6 is 0 Å². The molecule has 1 heterocycles. The van der Waals surface area contributed by atoms with Gasteiger partial charge >= 0.3 is 0 Å². The molecule has 1 aromatic carbocycles. The molecule has 2 aromatic rings. The Morgan fingerprint density at radius 1 is 1.21 bits per heavy atom. The first-order valence-electron chi connectivity index (χ1n) is 7.37. The van der Waals surface area contributed by atoms with E-state index in [4.69, 9.17) is 5.73 Å². The second-order valence-corrected chi connectivity index (χ2v) is 6.23. The minimum Gasteiger partial charge on any atom is -0.342 e. The average molecular weight is 257 g/mol. The van der Waals surface area contributed by atoms with Gasteiger partial charge in [0.1, 0.15) is 5.82 Å². The van der Waals surface area contributed by atoms with Gasteiger partial charge in [-0.05, 0) is 30.5 Å². The molecule has 3 N–H and O–H groups in total. The highest BCUT2D eigenvalue weighted by atomic mass is 14.9. The number of imidazole rings is 1. The summed E-state index contributed by atoms with van der Waals surface area (Å²) in [6, 6.07) is 6.48. The Morgan fingerprint density at radius 2 is 1.95 bits per heavy atom. The van der Waals surface area contributed by atoms with Crippen LogP contribution in [-0.4, -0.2) is 9.97 Å². The number of hydrogen-bond donors (Lipinski definition) is 2. The molecule has 19 heavy (non-hydrogen) atoms. The van der Waals surface area contributed by atoms with Crippen molar-refractivity contribution >= 4 is 11.0 Å². The monoisotopic (exact) mass is 257 g/mol. The minimum atomic E-state index is -0.129. The fourth-order valence-corrected chi connectivity index (χ4v) is 3.08. The van der Waals surface area contributed by atoms with Gasteiger partial charge in [-0.3, -0.25) is 0 Å². The lowest BCUT2D eigenvalue weighted by atomic mass is 9.77. The predicted octanol–water partition coefficient (Wildman–Crippen LogP) is 3.80. The molecule has 1 saturated carbocycles. The van der Waals surface area contributed by atoms with E-state index in [1.807, 2.05) is 0 Å². The molecule has 0 bridgehead atoms. The van der Waals surface area contributed by atoms with Crippen LogP contribution in [0.2, 0.25) is 0 Å². The van der Waals surface area contributed by atoms with Crippen molar-refractivity contribution in [3.8, 4) is 0 Å².